The average molecular weight is 439 g/mol. The summed E-state index contributed by atoms with van der Waals surface area (Å²) in [6.45, 7) is 4.51. The number of H-pyrrole nitrogens is 2. The Labute approximate surface area is 186 Å². The van der Waals surface area contributed by atoms with Gasteiger partial charge in [0.2, 0.25) is 0 Å². The maximum absolute atomic E-state index is 4.85. The molecule has 0 amide bonds. The number of para-hydroxylation sites is 4. The molecule has 2 atom stereocenters. The average Bonchev–Trinajstić information content (AvgIpc) is 3.39. The maximum atomic E-state index is 4.85. The van der Waals surface area contributed by atoms with Gasteiger partial charge < -0.3 is 9.97 Å². The van der Waals surface area contributed by atoms with E-state index >= 15 is 0 Å². The van der Waals surface area contributed by atoms with Crippen molar-refractivity contribution in [1.82, 2.24) is 19.9 Å². The van der Waals surface area contributed by atoms with E-state index in [0.29, 0.717) is 11.8 Å². The molecule has 0 aliphatic carbocycles. The van der Waals surface area contributed by atoms with Crippen molar-refractivity contribution in [2.45, 2.75) is 51.4 Å². The molecule has 0 aliphatic rings. The quantitative estimate of drug-likeness (QED) is 0.191. The number of nitrogens with zero attached hydrogens (tertiary/aromatic N) is 2. The van der Waals surface area contributed by atoms with Crippen molar-refractivity contribution in [3.63, 3.8) is 0 Å². The van der Waals surface area contributed by atoms with E-state index in [4.69, 9.17) is 9.97 Å². The van der Waals surface area contributed by atoms with Crippen molar-refractivity contribution in [3.05, 3.63) is 60.2 Å². The second-order valence-electron chi connectivity index (χ2n) is 7.82. The molecule has 30 heavy (non-hydrogen) atoms. The number of hydrogen-bond acceptors (Lipinski definition) is 4. The lowest BCUT2D eigenvalue weighted by Crippen LogP contribution is -2.05. The molecule has 158 valence electrons. The van der Waals surface area contributed by atoms with Crippen molar-refractivity contribution in [2.75, 3.05) is 11.5 Å². The van der Waals surface area contributed by atoms with Crippen LogP contribution in [0.25, 0.3) is 22.1 Å². The molecule has 4 aromatic rings. The van der Waals surface area contributed by atoms with Crippen LogP contribution < -0.4 is 0 Å². The highest BCUT2D eigenvalue weighted by atomic mass is 33.1. The Morgan fingerprint density at radius 3 is 1.53 bits per heavy atom. The van der Waals surface area contributed by atoms with Crippen LogP contribution in [-0.4, -0.2) is 31.4 Å². The monoisotopic (exact) mass is 438 g/mol. The van der Waals surface area contributed by atoms with Gasteiger partial charge in [0.25, 0.3) is 0 Å². The highest BCUT2D eigenvalue weighted by Crippen LogP contribution is 2.35. The van der Waals surface area contributed by atoms with Gasteiger partial charge in [0.05, 0.1) is 22.1 Å². The van der Waals surface area contributed by atoms with Crippen molar-refractivity contribution in [2.24, 2.45) is 0 Å². The Balaban J connectivity index is 1.37. The van der Waals surface area contributed by atoms with Crippen LogP contribution in [0.1, 0.15) is 63.0 Å². The normalized spacial score (nSPS) is 13.8. The van der Waals surface area contributed by atoms with Gasteiger partial charge in [-0.05, 0) is 37.1 Å². The second kappa shape index (κ2) is 10.4. The molecule has 2 heterocycles. The minimum absolute atomic E-state index is 0.468. The summed E-state index contributed by atoms with van der Waals surface area (Å²) in [7, 11) is 3.95. The minimum Gasteiger partial charge on any atom is -0.342 e. The van der Waals surface area contributed by atoms with Crippen molar-refractivity contribution >= 4 is 43.7 Å². The summed E-state index contributed by atoms with van der Waals surface area (Å²) in [5.41, 5.74) is 4.41. The first-order valence-corrected chi connectivity index (χ1v) is 13.4. The van der Waals surface area contributed by atoms with Crippen LogP contribution in [-0.2, 0) is 0 Å². The Morgan fingerprint density at radius 2 is 1.13 bits per heavy atom. The number of rotatable bonds is 11. The largest absolute Gasteiger partial charge is 0.342 e. The summed E-state index contributed by atoms with van der Waals surface area (Å²) in [5.74, 6) is 5.36. The zero-order valence-electron chi connectivity index (χ0n) is 17.7. The van der Waals surface area contributed by atoms with E-state index < -0.39 is 0 Å². The van der Waals surface area contributed by atoms with E-state index in [-0.39, 0.29) is 0 Å². The number of fused-ring (bicyclic) bond motifs is 2. The third kappa shape index (κ3) is 5.03. The van der Waals surface area contributed by atoms with Crippen molar-refractivity contribution < 1.29 is 0 Å². The molecule has 2 aromatic heterocycles. The summed E-state index contributed by atoms with van der Waals surface area (Å²) in [6.07, 6.45) is 4.67. The summed E-state index contributed by atoms with van der Waals surface area (Å²) < 4.78 is 0. The summed E-state index contributed by atoms with van der Waals surface area (Å²) in [6, 6.07) is 16.6. The molecule has 2 N–H and O–H groups in total. The first kappa shape index (κ1) is 21.3. The molecule has 0 aliphatic heterocycles. The summed E-state index contributed by atoms with van der Waals surface area (Å²) >= 11 is 0. The zero-order valence-corrected chi connectivity index (χ0v) is 19.4. The molecule has 0 radical (unpaired) electrons. The van der Waals surface area contributed by atoms with Crippen LogP contribution in [0.5, 0.6) is 0 Å². The fourth-order valence-electron chi connectivity index (χ4n) is 3.89. The lowest BCUT2D eigenvalue weighted by Gasteiger charge is -2.15. The van der Waals surface area contributed by atoms with Crippen LogP contribution in [0, 0.1) is 0 Å². The Morgan fingerprint density at radius 1 is 0.700 bits per heavy atom. The lowest BCUT2D eigenvalue weighted by atomic mass is 10.1. The molecule has 0 bridgehead atoms. The van der Waals surface area contributed by atoms with E-state index in [0.717, 1.165) is 58.1 Å². The van der Waals surface area contributed by atoms with Crippen LogP contribution >= 0.6 is 21.6 Å². The molecule has 2 aromatic carbocycles. The second-order valence-corrected chi connectivity index (χ2v) is 10.4. The minimum atomic E-state index is 0.468. The maximum Gasteiger partial charge on any atom is 0.111 e. The van der Waals surface area contributed by atoms with Crippen LogP contribution in [0.15, 0.2) is 48.5 Å². The number of aromatic nitrogens is 4. The number of benzene rings is 2. The fourth-order valence-corrected chi connectivity index (χ4v) is 6.62. The predicted octanol–water partition coefficient (Wildman–Crippen LogP) is 7.29. The molecule has 0 spiro atoms. The number of aromatic amines is 2. The Bertz CT molecular complexity index is 919. The smallest absolute Gasteiger partial charge is 0.111 e. The van der Waals surface area contributed by atoms with Gasteiger partial charge in [-0.3, -0.25) is 0 Å². The van der Waals surface area contributed by atoms with Gasteiger partial charge in [0, 0.05) is 23.3 Å². The van der Waals surface area contributed by atoms with Crippen LogP contribution in [0.2, 0.25) is 0 Å². The summed E-state index contributed by atoms with van der Waals surface area (Å²) in [5, 5.41) is 0. The van der Waals surface area contributed by atoms with E-state index in [2.05, 4.69) is 72.3 Å². The van der Waals surface area contributed by atoms with Gasteiger partial charge in [-0.25, -0.2) is 9.97 Å². The van der Waals surface area contributed by atoms with Gasteiger partial charge in [0.15, 0.2) is 0 Å². The van der Waals surface area contributed by atoms with Gasteiger partial charge >= 0.3 is 0 Å². The lowest BCUT2D eigenvalue weighted by molar-refractivity contribution is 0.643. The molecule has 0 saturated heterocycles. The third-order valence-electron chi connectivity index (χ3n) is 5.48. The number of hydrogen-bond donors (Lipinski definition) is 2. The molecular formula is C24H30N4S2. The molecule has 6 heteroatoms. The van der Waals surface area contributed by atoms with Gasteiger partial charge in [-0.15, -0.1) is 0 Å². The third-order valence-corrected chi connectivity index (χ3v) is 8.04. The van der Waals surface area contributed by atoms with Gasteiger partial charge in [0.1, 0.15) is 11.6 Å². The molecule has 4 nitrogen and oxygen atoms in total. The van der Waals surface area contributed by atoms with Crippen molar-refractivity contribution in [3.8, 4) is 0 Å². The number of imidazole rings is 2. The number of nitrogens with one attached hydrogen (secondary N) is 2. The van der Waals surface area contributed by atoms with E-state index in [9.17, 15) is 0 Å². The van der Waals surface area contributed by atoms with Crippen LogP contribution in [0.4, 0.5) is 0 Å². The van der Waals surface area contributed by atoms with Crippen LogP contribution in [0.3, 0.4) is 0 Å². The highest BCUT2D eigenvalue weighted by molar-refractivity contribution is 8.76. The first-order valence-electron chi connectivity index (χ1n) is 10.9. The standard InChI is InChI=1S/C24H30N4S2/c1-3-9-17(23-25-19-11-5-6-12-20(19)26-23)15-29-30-16-18(10-4-2)24-27-21-13-7-8-14-22(21)28-24/h5-8,11-14,17-18H,3-4,9-10,15-16H2,1-2H3,(H,25,26)(H,27,28). The zero-order chi connectivity index (χ0) is 20.8. The van der Waals surface area contributed by atoms with Gasteiger partial charge in [-0.2, -0.15) is 0 Å². The topological polar surface area (TPSA) is 57.4 Å². The Hall–Kier alpha value is -1.92. The van der Waals surface area contributed by atoms with Gasteiger partial charge in [-0.1, -0.05) is 72.5 Å². The molecule has 0 fully saturated rings. The molecular weight excluding hydrogens is 408 g/mol. The van der Waals surface area contributed by atoms with E-state index in [1.165, 1.54) is 12.8 Å². The highest BCUT2D eigenvalue weighted by Gasteiger charge is 2.18. The van der Waals surface area contributed by atoms with E-state index in [1.807, 2.05) is 21.6 Å². The predicted molar refractivity (Wildman–Crippen MR) is 132 cm³/mol. The molecule has 2 unspecified atom stereocenters. The van der Waals surface area contributed by atoms with Crippen molar-refractivity contribution in [1.29, 1.82) is 0 Å². The molecule has 4 rings (SSSR count). The Kier molecular flexibility index (Phi) is 7.39. The van der Waals surface area contributed by atoms with E-state index in [1.54, 1.807) is 0 Å². The SMILES string of the molecule is CCCC(CSSCC(CCC)c1nc2ccccc2[nH]1)c1nc2ccccc2[nH]1. The fraction of sp³-hybridized carbons (Fsp3) is 0.417. The first-order chi connectivity index (χ1) is 14.8. The molecule has 0 saturated carbocycles. The summed E-state index contributed by atoms with van der Waals surface area (Å²) in [4.78, 5) is 16.8.